The van der Waals surface area contributed by atoms with Crippen LogP contribution in [-0.4, -0.2) is 24.4 Å². The largest absolute Gasteiger partial charge is 0.377 e. The van der Waals surface area contributed by atoms with Gasteiger partial charge in [-0.1, -0.05) is 37.1 Å². The fraction of sp³-hybridized carbons (Fsp3) is 0.500. The van der Waals surface area contributed by atoms with Crippen molar-refractivity contribution >= 4 is 0 Å². The lowest BCUT2D eigenvalue weighted by Crippen LogP contribution is -2.14. The molecule has 4 nitrogen and oxygen atoms in total. The van der Waals surface area contributed by atoms with Crippen LogP contribution in [0.25, 0.3) is 11.3 Å². The van der Waals surface area contributed by atoms with Gasteiger partial charge in [-0.3, -0.25) is 0 Å². The maximum absolute atomic E-state index is 5.80. The minimum absolute atomic E-state index is 0.137. The van der Waals surface area contributed by atoms with Gasteiger partial charge in [0.15, 0.2) is 0 Å². The number of nitrogens with zero attached hydrogens (tertiary/aromatic N) is 2. The zero-order valence-electron chi connectivity index (χ0n) is 14.9. The molecular formula is C20H27N3O. The Hall–Kier alpha value is -1.78. The zero-order chi connectivity index (χ0) is 16.9. The summed E-state index contributed by atoms with van der Waals surface area (Å²) in [6.07, 6.45) is 5.93. The molecule has 2 aromatic rings. The van der Waals surface area contributed by atoms with Crippen LogP contribution in [0.2, 0.25) is 0 Å². The summed E-state index contributed by atoms with van der Waals surface area (Å²) >= 11 is 0. The normalized spacial score (nSPS) is 17.9. The lowest BCUT2D eigenvalue weighted by Gasteiger charge is -2.25. The molecule has 0 radical (unpaired) electrons. The second kappa shape index (κ2) is 7.86. The first kappa shape index (κ1) is 17.1. The molecule has 0 bridgehead atoms. The summed E-state index contributed by atoms with van der Waals surface area (Å²) in [6.45, 7) is 2.93. The smallest absolute Gasteiger partial charge is 0.0965 e. The Bertz CT molecular complexity index is 682. The van der Waals surface area contributed by atoms with Crippen molar-refractivity contribution < 1.29 is 4.74 Å². The van der Waals surface area contributed by atoms with Gasteiger partial charge in [0.05, 0.1) is 17.5 Å². The third-order valence-corrected chi connectivity index (χ3v) is 4.91. The van der Waals surface area contributed by atoms with E-state index in [1.165, 1.54) is 36.0 Å². The second-order valence-corrected chi connectivity index (χ2v) is 6.58. The fourth-order valence-corrected chi connectivity index (χ4v) is 3.67. The topological polar surface area (TPSA) is 47.0 Å². The summed E-state index contributed by atoms with van der Waals surface area (Å²) < 4.78 is 5.80. The molecule has 24 heavy (non-hydrogen) atoms. The number of rotatable bonds is 4. The number of nitrogens with one attached hydrogen (secondary N) is 1. The van der Waals surface area contributed by atoms with Crippen molar-refractivity contribution in [2.75, 3.05) is 14.2 Å². The maximum Gasteiger partial charge on any atom is 0.0965 e. The SMILES string of the molecule is CNCc1ccc(-c2nnc(C)c3c2CCCCCC3OC)cc1. The van der Waals surface area contributed by atoms with E-state index in [0.29, 0.717) is 0 Å². The molecule has 1 unspecified atom stereocenters. The van der Waals surface area contributed by atoms with Gasteiger partial charge in [-0.05, 0) is 44.4 Å². The molecule has 1 aliphatic rings. The first-order chi connectivity index (χ1) is 11.7. The number of aromatic nitrogens is 2. The van der Waals surface area contributed by atoms with Crippen LogP contribution in [0.3, 0.4) is 0 Å². The number of hydrogen-bond donors (Lipinski definition) is 1. The van der Waals surface area contributed by atoms with Gasteiger partial charge in [-0.25, -0.2) is 0 Å². The average Bonchev–Trinajstić information content (AvgIpc) is 2.57. The van der Waals surface area contributed by atoms with Crippen LogP contribution in [0.15, 0.2) is 24.3 Å². The summed E-state index contributed by atoms with van der Waals surface area (Å²) in [6, 6.07) is 8.65. The standard InChI is InChI=1S/C20H27N3O/c1-14-19-17(7-5-4-6-8-18(19)24-3)20(23-22-14)16-11-9-15(10-12-16)13-21-2/h9-12,18,21H,4-8,13H2,1-3H3. The van der Waals surface area contributed by atoms with Crippen molar-refractivity contribution in [3.63, 3.8) is 0 Å². The molecule has 0 aliphatic heterocycles. The quantitative estimate of drug-likeness (QED) is 0.924. The Morgan fingerprint density at radius 2 is 1.92 bits per heavy atom. The minimum Gasteiger partial charge on any atom is -0.377 e. The van der Waals surface area contributed by atoms with Crippen molar-refractivity contribution in [3.05, 3.63) is 46.6 Å². The Kier molecular flexibility index (Phi) is 5.59. The molecule has 1 aromatic carbocycles. The Morgan fingerprint density at radius 1 is 1.12 bits per heavy atom. The van der Waals surface area contributed by atoms with Crippen LogP contribution in [0.5, 0.6) is 0 Å². The average molecular weight is 325 g/mol. The first-order valence-corrected chi connectivity index (χ1v) is 8.87. The number of methoxy groups -OCH3 is 1. The second-order valence-electron chi connectivity index (χ2n) is 6.58. The molecule has 1 N–H and O–H groups in total. The van der Waals surface area contributed by atoms with Crippen LogP contribution in [0, 0.1) is 6.92 Å². The molecule has 1 aliphatic carbocycles. The fourth-order valence-electron chi connectivity index (χ4n) is 3.67. The number of ether oxygens (including phenoxy) is 1. The molecule has 4 heteroatoms. The van der Waals surface area contributed by atoms with Gasteiger partial charge in [0, 0.05) is 24.8 Å². The van der Waals surface area contributed by atoms with E-state index in [9.17, 15) is 0 Å². The Labute approximate surface area is 144 Å². The summed E-state index contributed by atoms with van der Waals surface area (Å²) in [5, 5.41) is 12.2. The Balaban J connectivity index is 2.06. The lowest BCUT2D eigenvalue weighted by atomic mass is 9.88. The van der Waals surface area contributed by atoms with Gasteiger partial charge in [0.2, 0.25) is 0 Å². The highest BCUT2D eigenvalue weighted by Gasteiger charge is 2.24. The highest BCUT2D eigenvalue weighted by molar-refractivity contribution is 5.65. The van der Waals surface area contributed by atoms with E-state index in [0.717, 1.165) is 36.3 Å². The molecule has 1 atom stereocenters. The predicted molar refractivity (Wildman–Crippen MR) is 96.9 cm³/mol. The number of fused-ring (bicyclic) bond motifs is 1. The molecule has 1 heterocycles. The number of hydrogen-bond acceptors (Lipinski definition) is 4. The summed E-state index contributed by atoms with van der Waals surface area (Å²) in [5.74, 6) is 0. The van der Waals surface area contributed by atoms with Gasteiger partial charge in [-0.15, -0.1) is 5.10 Å². The first-order valence-electron chi connectivity index (χ1n) is 8.87. The van der Waals surface area contributed by atoms with E-state index in [2.05, 4.69) is 46.7 Å². The maximum atomic E-state index is 5.80. The van der Waals surface area contributed by atoms with Crippen LogP contribution in [0.1, 0.15) is 54.2 Å². The van der Waals surface area contributed by atoms with E-state index in [4.69, 9.17) is 4.74 Å². The molecule has 0 saturated heterocycles. The van der Waals surface area contributed by atoms with Crippen molar-refractivity contribution in [3.8, 4) is 11.3 Å². The van der Waals surface area contributed by atoms with Crippen LogP contribution in [-0.2, 0) is 17.7 Å². The zero-order valence-corrected chi connectivity index (χ0v) is 14.9. The molecule has 0 fully saturated rings. The predicted octanol–water partition coefficient (Wildman–Crippen LogP) is 3.98. The van der Waals surface area contributed by atoms with Crippen molar-refractivity contribution in [2.24, 2.45) is 0 Å². The van der Waals surface area contributed by atoms with Crippen LogP contribution in [0.4, 0.5) is 0 Å². The number of aryl methyl sites for hydroxylation is 1. The van der Waals surface area contributed by atoms with Crippen molar-refractivity contribution in [1.82, 2.24) is 15.5 Å². The monoisotopic (exact) mass is 325 g/mol. The lowest BCUT2D eigenvalue weighted by molar-refractivity contribution is 0.0899. The molecule has 128 valence electrons. The van der Waals surface area contributed by atoms with E-state index in [1.54, 1.807) is 0 Å². The van der Waals surface area contributed by atoms with Gasteiger partial charge < -0.3 is 10.1 Å². The van der Waals surface area contributed by atoms with Crippen molar-refractivity contribution in [1.29, 1.82) is 0 Å². The highest BCUT2D eigenvalue weighted by atomic mass is 16.5. The van der Waals surface area contributed by atoms with Gasteiger partial charge >= 0.3 is 0 Å². The summed E-state index contributed by atoms with van der Waals surface area (Å²) in [4.78, 5) is 0. The van der Waals surface area contributed by atoms with E-state index >= 15 is 0 Å². The van der Waals surface area contributed by atoms with Crippen LogP contribution < -0.4 is 5.32 Å². The molecule has 0 amide bonds. The van der Waals surface area contributed by atoms with E-state index in [-0.39, 0.29) is 6.10 Å². The minimum atomic E-state index is 0.137. The molecule has 3 rings (SSSR count). The Morgan fingerprint density at radius 3 is 2.62 bits per heavy atom. The third kappa shape index (κ3) is 3.50. The highest BCUT2D eigenvalue weighted by Crippen LogP contribution is 2.36. The van der Waals surface area contributed by atoms with Crippen LogP contribution >= 0.6 is 0 Å². The van der Waals surface area contributed by atoms with Gasteiger partial charge in [-0.2, -0.15) is 5.10 Å². The third-order valence-electron chi connectivity index (χ3n) is 4.91. The number of benzene rings is 1. The summed E-state index contributed by atoms with van der Waals surface area (Å²) in [5.41, 5.74) is 7.05. The van der Waals surface area contributed by atoms with Gasteiger partial charge in [0.1, 0.15) is 0 Å². The molecule has 0 saturated carbocycles. The van der Waals surface area contributed by atoms with Crippen molar-refractivity contribution in [2.45, 2.75) is 51.7 Å². The molecule has 0 spiro atoms. The van der Waals surface area contributed by atoms with E-state index < -0.39 is 0 Å². The molecular weight excluding hydrogens is 298 g/mol. The van der Waals surface area contributed by atoms with Gasteiger partial charge in [0.25, 0.3) is 0 Å². The molecule has 1 aromatic heterocycles. The summed E-state index contributed by atoms with van der Waals surface area (Å²) in [7, 11) is 3.77. The van der Waals surface area contributed by atoms with E-state index in [1.807, 2.05) is 14.2 Å².